The first-order chi connectivity index (χ1) is 19.3. The molecular formula is C31H24N4O4. The van der Waals surface area contributed by atoms with Crippen LogP contribution in [0, 0.1) is 0 Å². The van der Waals surface area contributed by atoms with Gasteiger partial charge >= 0.3 is 6.01 Å². The topological polar surface area (TPSA) is 107 Å². The van der Waals surface area contributed by atoms with Gasteiger partial charge < -0.3 is 14.6 Å². The minimum absolute atomic E-state index is 0.250. The van der Waals surface area contributed by atoms with Gasteiger partial charge in [-0.05, 0) is 34.9 Å². The number of benzene rings is 3. The van der Waals surface area contributed by atoms with Gasteiger partial charge in [-0.15, -0.1) is 0 Å². The van der Waals surface area contributed by atoms with Gasteiger partial charge in [-0.3, -0.25) is 14.8 Å². The summed E-state index contributed by atoms with van der Waals surface area (Å²) in [5.74, 6) is 0.449. The SMILES string of the molecule is O=CO.c1ccc(COc2ncc(-c3cc4cccnc4c4ncccc34)c(OCc3ccccc3)n2)cc1. The molecule has 3 aromatic carbocycles. The highest BCUT2D eigenvalue weighted by Gasteiger charge is 2.17. The molecule has 0 bridgehead atoms. The van der Waals surface area contributed by atoms with Crippen molar-refractivity contribution in [2.24, 2.45) is 0 Å². The zero-order valence-electron chi connectivity index (χ0n) is 20.8. The van der Waals surface area contributed by atoms with Crippen molar-refractivity contribution in [3.8, 4) is 23.0 Å². The summed E-state index contributed by atoms with van der Waals surface area (Å²) in [6, 6.07) is 30.2. The van der Waals surface area contributed by atoms with E-state index in [1.807, 2.05) is 84.9 Å². The maximum Gasteiger partial charge on any atom is 0.320 e. The van der Waals surface area contributed by atoms with Crippen LogP contribution in [0.4, 0.5) is 0 Å². The third-order valence-electron chi connectivity index (χ3n) is 5.91. The second-order valence-electron chi connectivity index (χ2n) is 8.42. The molecular weight excluding hydrogens is 492 g/mol. The fourth-order valence-electron chi connectivity index (χ4n) is 4.16. The van der Waals surface area contributed by atoms with Gasteiger partial charge in [0.05, 0.1) is 16.6 Å². The Balaban J connectivity index is 0.000000983. The number of ether oxygens (including phenoxy) is 2. The van der Waals surface area contributed by atoms with E-state index in [0.29, 0.717) is 19.1 Å². The standard InChI is InChI=1S/C30H22N4O2.CH2O2/c1-3-9-21(10-4-1)19-35-29-26(18-33-30(34-29)36-20-22-11-5-2-6-12-22)25-17-23-13-7-15-31-27(23)28-24(25)14-8-16-32-28;2-1-3/h1-18H,19-20H2;1H,(H,2,3). The lowest BCUT2D eigenvalue weighted by atomic mass is 9.99. The first kappa shape index (κ1) is 25.3. The fourth-order valence-corrected chi connectivity index (χ4v) is 4.16. The molecule has 192 valence electrons. The van der Waals surface area contributed by atoms with Crippen LogP contribution in [0.15, 0.2) is 110 Å². The Morgan fingerprint density at radius 2 is 1.31 bits per heavy atom. The third-order valence-corrected chi connectivity index (χ3v) is 5.91. The highest BCUT2D eigenvalue weighted by molar-refractivity contribution is 6.10. The van der Waals surface area contributed by atoms with Gasteiger partial charge in [0, 0.05) is 29.4 Å². The number of carboxylic acid groups (broad SMARTS) is 1. The first-order valence-electron chi connectivity index (χ1n) is 12.2. The van der Waals surface area contributed by atoms with Gasteiger partial charge in [0.1, 0.15) is 13.2 Å². The highest BCUT2D eigenvalue weighted by Crippen LogP contribution is 2.37. The molecule has 39 heavy (non-hydrogen) atoms. The molecule has 0 atom stereocenters. The van der Waals surface area contributed by atoms with Crippen LogP contribution in [0.1, 0.15) is 11.1 Å². The molecule has 0 saturated carbocycles. The number of rotatable bonds is 7. The van der Waals surface area contributed by atoms with Crippen molar-refractivity contribution in [1.82, 2.24) is 19.9 Å². The van der Waals surface area contributed by atoms with Crippen molar-refractivity contribution in [2.45, 2.75) is 13.2 Å². The molecule has 1 N–H and O–H groups in total. The molecule has 0 aliphatic carbocycles. The van der Waals surface area contributed by atoms with Crippen LogP contribution in [-0.2, 0) is 18.0 Å². The van der Waals surface area contributed by atoms with Crippen LogP contribution >= 0.6 is 0 Å². The summed E-state index contributed by atoms with van der Waals surface area (Å²) in [5, 5.41) is 8.83. The van der Waals surface area contributed by atoms with Crippen molar-refractivity contribution < 1.29 is 19.4 Å². The van der Waals surface area contributed by atoms with Crippen LogP contribution in [-0.4, -0.2) is 31.5 Å². The lowest BCUT2D eigenvalue weighted by molar-refractivity contribution is -0.122. The zero-order chi connectivity index (χ0) is 26.9. The van der Waals surface area contributed by atoms with Gasteiger partial charge in [-0.2, -0.15) is 4.98 Å². The maximum atomic E-state index is 8.36. The van der Waals surface area contributed by atoms with Crippen molar-refractivity contribution in [2.75, 3.05) is 0 Å². The lowest BCUT2D eigenvalue weighted by Gasteiger charge is -2.14. The van der Waals surface area contributed by atoms with Crippen LogP contribution in [0.25, 0.3) is 32.9 Å². The molecule has 3 aromatic heterocycles. The average Bonchev–Trinajstić information content (AvgIpc) is 3.00. The molecule has 0 unspecified atom stereocenters. The van der Waals surface area contributed by atoms with Gasteiger partial charge in [-0.1, -0.05) is 72.8 Å². The Morgan fingerprint density at radius 1 is 0.692 bits per heavy atom. The molecule has 0 spiro atoms. The van der Waals surface area contributed by atoms with Gasteiger partial charge in [-0.25, -0.2) is 4.98 Å². The Hall–Kier alpha value is -5.37. The number of carbonyl (C=O) groups is 1. The largest absolute Gasteiger partial charge is 0.483 e. The summed E-state index contributed by atoms with van der Waals surface area (Å²) >= 11 is 0. The summed E-state index contributed by atoms with van der Waals surface area (Å²) in [6.45, 7) is 0.487. The monoisotopic (exact) mass is 516 g/mol. The minimum atomic E-state index is -0.250. The van der Waals surface area contributed by atoms with E-state index in [2.05, 4.69) is 26.0 Å². The van der Waals surface area contributed by atoms with E-state index in [1.165, 1.54) is 0 Å². The van der Waals surface area contributed by atoms with E-state index in [0.717, 1.165) is 44.1 Å². The number of nitrogens with zero attached hydrogens (tertiary/aromatic N) is 4. The van der Waals surface area contributed by atoms with Crippen molar-refractivity contribution in [1.29, 1.82) is 0 Å². The Kier molecular flexibility index (Phi) is 7.94. The second kappa shape index (κ2) is 12.2. The smallest absolute Gasteiger partial charge is 0.320 e. The summed E-state index contributed by atoms with van der Waals surface area (Å²) < 4.78 is 12.2. The van der Waals surface area contributed by atoms with Gasteiger partial charge in [0.25, 0.3) is 6.47 Å². The van der Waals surface area contributed by atoms with E-state index < -0.39 is 0 Å². The molecule has 0 saturated heterocycles. The molecule has 8 nitrogen and oxygen atoms in total. The predicted octanol–water partition coefficient (Wildman–Crippen LogP) is 6.10. The summed E-state index contributed by atoms with van der Waals surface area (Å²) in [5.41, 5.74) is 5.45. The average molecular weight is 517 g/mol. The highest BCUT2D eigenvalue weighted by atomic mass is 16.5. The summed E-state index contributed by atoms with van der Waals surface area (Å²) in [7, 11) is 0. The fraction of sp³-hybridized carbons (Fsp3) is 0.0645. The molecule has 0 aliphatic rings. The third kappa shape index (κ3) is 5.97. The summed E-state index contributed by atoms with van der Waals surface area (Å²) in [4.78, 5) is 26.8. The first-order valence-corrected chi connectivity index (χ1v) is 12.2. The molecule has 6 rings (SSSR count). The Labute approximate surface area is 224 Å². The van der Waals surface area contributed by atoms with Gasteiger partial charge in [0.15, 0.2) is 0 Å². The second-order valence-corrected chi connectivity index (χ2v) is 8.42. The molecule has 6 aromatic rings. The van der Waals surface area contributed by atoms with E-state index in [-0.39, 0.29) is 12.5 Å². The van der Waals surface area contributed by atoms with Crippen molar-refractivity contribution in [3.63, 3.8) is 0 Å². The van der Waals surface area contributed by atoms with Crippen LogP contribution in [0.2, 0.25) is 0 Å². The van der Waals surface area contributed by atoms with E-state index in [9.17, 15) is 0 Å². The van der Waals surface area contributed by atoms with Crippen molar-refractivity contribution >= 4 is 28.3 Å². The van der Waals surface area contributed by atoms with E-state index in [4.69, 9.17) is 19.4 Å². The van der Waals surface area contributed by atoms with Crippen LogP contribution < -0.4 is 9.47 Å². The number of hydrogen-bond donors (Lipinski definition) is 1. The van der Waals surface area contributed by atoms with Crippen LogP contribution in [0.3, 0.4) is 0 Å². The minimum Gasteiger partial charge on any atom is -0.483 e. The quantitative estimate of drug-likeness (QED) is 0.200. The molecule has 8 heteroatoms. The molecule has 0 amide bonds. The number of hydrogen-bond acceptors (Lipinski definition) is 7. The number of aromatic nitrogens is 4. The number of fused-ring (bicyclic) bond motifs is 3. The normalized spacial score (nSPS) is 10.5. The zero-order valence-corrected chi connectivity index (χ0v) is 20.8. The molecule has 0 aliphatic heterocycles. The van der Waals surface area contributed by atoms with Crippen LogP contribution in [0.5, 0.6) is 11.9 Å². The van der Waals surface area contributed by atoms with E-state index in [1.54, 1.807) is 18.6 Å². The van der Waals surface area contributed by atoms with Gasteiger partial charge in [0.2, 0.25) is 5.88 Å². The van der Waals surface area contributed by atoms with E-state index >= 15 is 0 Å². The predicted molar refractivity (Wildman–Crippen MR) is 148 cm³/mol. The molecule has 3 heterocycles. The number of pyridine rings is 2. The molecule has 0 fully saturated rings. The Morgan fingerprint density at radius 3 is 2.00 bits per heavy atom. The Bertz CT molecular complexity index is 1700. The lowest BCUT2D eigenvalue weighted by Crippen LogP contribution is -2.04. The van der Waals surface area contributed by atoms with Crippen molar-refractivity contribution in [3.05, 3.63) is 121 Å². The summed E-state index contributed by atoms with van der Waals surface area (Å²) in [6.07, 6.45) is 5.33. The maximum absolute atomic E-state index is 8.36. The molecule has 0 radical (unpaired) electrons.